The van der Waals surface area contributed by atoms with Crippen LogP contribution >= 0.6 is 15.9 Å². The van der Waals surface area contributed by atoms with E-state index in [1.165, 1.54) is 44.6 Å². The summed E-state index contributed by atoms with van der Waals surface area (Å²) < 4.78 is 25.3. The molecule has 0 saturated heterocycles. The second kappa shape index (κ2) is 9.41. The molecule has 0 aromatic heterocycles. The molecule has 3 aromatic carbocycles. The molecule has 0 heterocycles. The van der Waals surface area contributed by atoms with Gasteiger partial charge in [-0.1, -0.05) is 34.1 Å². The number of anilines is 2. The lowest BCUT2D eigenvalue weighted by molar-refractivity contribution is 0.101. The van der Waals surface area contributed by atoms with E-state index in [0.29, 0.717) is 21.5 Å². The van der Waals surface area contributed by atoms with Crippen LogP contribution in [-0.4, -0.2) is 26.0 Å². The summed E-state index contributed by atoms with van der Waals surface area (Å²) in [4.78, 5) is 25.0. The number of hydrogen-bond donors (Lipinski definition) is 2. The molecule has 6 nitrogen and oxygen atoms in total. The molecule has 0 fully saturated rings. The molecule has 0 aliphatic rings. The van der Waals surface area contributed by atoms with Gasteiger partial charge in [-0.25, -0.2) is 4.39 Å². The van der Waals surface area contributed by atoms with Crippen LogP contribution in [0.5, 0.6) is 11.5 Å². The molecule has 3 aromatic rings. The van der Waals surface area contributed by atoms with Gasteiger partial charge < -0.3 is 20.1 Å². The number of hydrogen-bond acceptors (Lipinski definition) is 4. The zero-order valence-corrected chi connectivity index (χ0v) is 17.7. The lowest BCUT2D eigenvalue weighted by Gasteiger charge is -2.16. The van der Waals surface area contributed by atoms with Crippen LogP contribution in [0.2, 0.25) is 0 Å². The molecule has 8 heteroatoms. The molecule has 0 aliphatic carbocycles. The molecular weight excluding hydrogens is 455 g/mol. The van der Waals surface area contributed by atoms with E-state index in [1.54, 1.807) is 24.3 Å². The maximum Gasteiger partial charge on any atom is 0.258 e. The van der Waals surface area contributed by atoms with Crippen molar-refractivity contribution in [3.63, 3.8) is 0 Å². The average molecular weight is 473 g/mol. The van der Waals surface area contributed by atoms with Crippen molar-refractivity contribution in [2.24, 2.45) is 0 Å². The normalized spacial score (nSPS) is 10.3. The second-order valence-corrected chi connectivity index (χ2v) is 7.07. The summed E-state index contributed by atoms with van der Waals surface area (Å²) in [5, 5.41) is 5.37. The first-order chi connectivity index (χ1) is 14.4. The van der Waals surface area contributed by atoms with E-state index in [0.717, 1.165) is 0 Å². The summed E-state index contributed by atoms with van der Waals surface area (Å²) >= 11 is 3.22. The molecule has 0 unspecified atom stereocenters. The Morgan fingerprint density at radius 1 is 0.833 bits per heavy atom. The number of carbonyl (C=O) groups excluding carboxylic acids is 2. The topological polar surface area (TPSA) is 76.7 Å². The molecule has 2 amide bonds. The van der Waals surface area contributed by atoms with Crippen LogP contribution in [0.1, 0.15) is 20.7 Å². The fourth-order valence-corrected chi connectivity index (χ4v) is 3.10. The molecule has 0 radical (unpaired) electrons. The lowest BCUT2D eigenvalue weighted by Crippen LogP contribution is -2.16. The molecule has 2 N–H and O–H groups in total. The molecule has 3 rings (SSSR count). The van der Waals surface area contributed by atoms with Crippen LogP contribution < -0.4 is 20.1 Å². The third-order valence-corrected chi connectivity index (χ3v) is 4.72. The Morgan fingerprint density at radius 2 is 1.40 bits per heavy atom. The van der Waals surface area contributed by atoms with E-state index < -0.39 is 11.7 Å². The number of ether oxygens (including phenoxy) is 2. The van der Waals surface area contributed by atoms with E-state index in [4.69, 9.17) is 9.47 Å². The van der Waals surface area contributed by atoms with Gasteiger partial charge in [-0.3, -0.25) is 9.59 Å². The third kappa shape index (κ3) is 4.77. The van der Waals surface area contributed by atoms with Crippen molar-refractivity contribution in [1.29, 1.82) is 0 Å². The number of carbonyl (C=O) groups is 2. The molecule has 0 aliphatic heterocycles. The molecule has 154 valence electrons. The standard InChI is InChI=1S/C22H18BrFN2O4/c1-29-19-12-18(26-22(28)15-10-14(23)8-9-16(15)24)20(30-2)11-17(19)25-21(27)13-6-4-3-5-7-13/h3-12H,1-2H3,(H,25,27)(H,26,28). The molecule has 0 bridgehead atoms. The van der Waals surface area contributed by atoms with Gasteiger partial charge in [0, 0.05) is 22.2 Å². The second-order valence-electron chi connectivity index (χ2n) is 6.15. The number of nitrogens with one attached hydrogen (secondary N) is 2. The third-order valence-electron chi connectivity index (χ3n) is 4.23. The van der Waals surface area contributed by atoms with Crippen LogP contribution in [0.25, 0.3) is 0 Å². The summed E-state index contributed by atoms with van der Waals surface area (Å²) in [6.45, 7) is 0. The number of benzene rings is 3. The Hall–Kier alpha value is -3.39. The maximum atomic E-state index is 14.0. The molecule has 0 saturated carbocycles. The summed E-state index contributed by atoms with van der Waals surface area (Å²) in [6, 6.07) is 15.8. The van der Waals surface area contributed by atoms with Gasteiger partial charge in [-0.15, -0.1) is 0 Å². The first-order valence-corrected chi connectivity index (χ1v) is 9.61. The van der Waals surface area contributed by atoms with Crippen LogP contribution in [0.4, 0.5) is 15.8 Å². The highest BCUT2D eigenvalue weighted by Crippen LogP contribution is 2.37. The minimum Gasteiger partial charge on any atom is -0.494 e. The van der Waals surface area contributed by atoms with Gasteiger partial charge in [0.25, 0.3) is 11.8 Å². The summed E-state index contributed by atoms with van der Waals surface area (Å²) in [7, 11) is 2.85. The van der Waals surface area contributed by atoms with Crippen LogP contribution in [0.15, 0.2) is 65.1 Å². The maximum absolute atomic E-state index is 14.0. The first kappa shape index (κ1) is 21.3. The van der Waals surface area contributed by atoms with E-state index >= 15 is 0 Å². The van der Waals surface area contributed by atoms with Gasteiger partial charge in [-0.05, 0) is 30.3 Å². The fourth-order valence-electron chi connectivity index (χ4n) is 2.74. The van der Waals surface area contributed by atoms with Gasteiger partial charge in [0.05, 0.1) is 31.2 Å². The number of rotatable bonds is 6. The smallest absolute Gasteiger partial charge is 0.258 e. The first-order valence-electron chi connectivity index (χ1n) is 8.81. The van der Waals surface area contributed by atoms with E-state index in [1.807, 2.05) is 6.07 Å². The zero-order valence-electron chi connectivity index (χ0n) is 16.2. The minimum atomic E-state index is -0.659. The zero-order chi connectivity index (χ0) is 21.7. The highest BCUT2D eigenvalue weighted by molar-refractivity contribution is 9.10. The average Bonchev–Trinajstić information content (AvgIpc) is 2.76. The SMILES string of the molecule is COc1cc(NC(=O)c2cc(Br)ccc2F)c(OC)cc1NC(=O)c1ccccc1. The highest BCUT2D eigenvalue weighted by atomic mass is 79.9. The minimum absolute atomic E-state index is 0.133. The van der Waals surface area contributed by atoms with E-state index in [9.17, 15) is 14.0 Å². The van der Waals surface area contributed by atoms with Crippen molar-refractivity contribution in [1.82, 2.24) is 0 Å². The Labute approximate surface area is 181 Å². The highest BCUT2D eigenvalue weighted by Gasteiger charge is 2.18. The molecule has 0 atom stereocenters. The van der Waals surface area contributed by atoms with Crippen LogP contribution in [0, 0.1) is 5.82 Å². The van der Waals surface area contributed by atoms with Crippen LogP contribution in [0.3, 0.4) is 0 Å². The molecule has 30 heavy (non-hydrogen) atoms. The number of amides is 2. The summed E-state index contributed by atoms with van der Waals surface area (Å²) in [6.07, 6.45) is 0. The van der Waals surface area contributed by atoms with Crippen molar-refractivity contribution in [3.8, 4) is 11.5 Å². The van der Waals surface area contributed by atoms with Gasteiger partial charge in [0.1, 0.15) is 17.3 Å². The van der Waals surface area contributed by atoms with Gasteiger partial charge in [0.2, 0.25) is 0 Å². The Morgan fingerprint density at radius 3 is 1.97 bits per heavy atom. The van der Waals surface area contributed by atoms with Crippen molar-refractivity contribution in [2.45, 2.75) is 0 Å². The van der Waals surface area contributed by atoms with Crippen molar-refractivity contribution >= 4 is 39.1 Å². The molecular formula is C22H18BrFN2O4. The predicted molar refractivity (Wildman–Crippen MR) is 116 cm³/mol. The van der Waals surface area contributed by atoms with Gasteiger partial charge in [0.15, 0.2) is 0 Å². The lowest BCUT2D eigenvalue weighted by atomic mass is 10.1. The molecule has 0 spiro atoms. The summed E-state index contributed by atoms with van der Waals surface area (Å²) in [5.41, 5.74) is 0.958. The number of methoxy groups -OCH3 is 2. The quantitative estimate of drug-likeness (QED) is 0.522. The largest absolute Gasteiger partial charge is 0.494 e. The summed E-state index contributed by atoms with van der Waals surface area (Å²) in [5.74, 6) is -1.08. The number of halogens is 2. The Bertz CT molecular complexity index is 1090. The van der Waals surface area contributed by atoms with Crippen LogP contribution in [-0.2, 0) is 0 Å². The fraction of sp³-hybridized carbons (Fsp3) is 0.0909. The van der Waals surface area contributed by atoms with Crippen molar-refractivity contribution in [2.75, 3.05) is 24.9 Å². The Balaban J connectivity index is 1.90. The van der Waals surface area contributed by atoms with Crippen molar-refractivity contribution < 1.29 is 23.5 Å². The van der Waals surface area contributed by atoms with E-state index in [2.05, 4.69) is 26.6 Å². The van der Waals surface area contributed by atoms with Gasteiger partial charge >= 0.3 is 0 Å². The van der Waals surface area contributed by atoms with E-state index in [-0.39, 0.29) is 22.9 Å². The van der Waals surface area contributed by atoms with Gasteiger partial charge in [-0.2, -0.15) is 0 Å². The monoisotopic (exact) mass is 472 g/mol. The predicted octanol–water partition coefficient (Wildman–Crippen LogP) is 5.11. The Kier molecular flexibility index (Phi) is 6.68. The van der Waals surface area contributed by atoms with Crippen molar-refractivity contribution in [3.05, 3.63) is 82.1 Å².